The molecule has 174 valence electrons. The number of benzene rings is 1. The quantitative estimate of drug-likeness (QED) is 0.440. The molecule has 0 radical (unpaired) electrons. The highest BCUT2D eigenvalue weighted by atomic mass is 32.2. The molecule has 3 aromatic rings. The van der Waals surface area contributed by atoms with Crippen molar-refractivity contribution < 1.29 is 18.0 Å². The van der Waals surface area contributed by atoms with E-state index in [4.69, 9.17) is 0 Å². The van der Waals surface area contributed by atoms with Gasteiger partial charge in [0.2, 0.25) is 0 Å². The van der Waals surface area contributed by atoms with Crippen LogP contribution >= 0.6 is 23.1 Å². The summed E-state index contributed by atoms with van der Waals surface area (Å²) < 4.78 is 38.3. The van der Waals surface area contributed by atoms with E-state index in [9.17, 15) is 18.0 Å². The Bertz CT molecular complexity index is 1080. The molecule has 33 heavy (non-hydrogen) atoms. The normalized spacial score (nSPS) is 14.9. The average Bonchev–Trinajstić information content (AvgIpc) is 3.07. The minimum Gasteiger partial charge on any atom is -0.355 e. The third kappa shape index (κ3) is 6.05. The van der Waals surface area contributed by atoms with Crippen molar-refractivity contribution in [2.75, 3.05) is 31.1 Å². The first kappa shape index (κ1) is 23.6. The number of thioether (sulfide) groups is 1. The van der Waals surface area contributed by atoms with Crippen LogP contribution in [0.15, 0.2) is 52.9 Å². The first-order chi connectivity index (χ1) is 15.8. The van der Waals surface area contributed by atoms with Crippen LogP contribution in [-0.2, 0) is 11.9 Å². The second kappa shape index (κ2) is 10.1. The van der Waals surface area contributed by atoms with Crippen molar-refractivity contribution in [3.63, 3.8) is 0 Å². The number of anilines is 1. The lowest BCUT2D eigenvalue weighted by atomic mass is 10.2. The Morgan fingerprint density at radius 3 is 2.52 bits per heavy atom. The topological polar surface area (TPSA) is 49.3 Å². The van der Waals surface area contributed by atoms with E-state index in [1.54, 1.807) is 28.0 Å². The van der Waals surface area contributed by atoms with Crippen LogP contribution in [-0.4, -0.2) is 47.0 Å². The van der Waals surface area contributed by atoms with Gasteiger partial charge < -0.3 is 9.80 Å². The van der Waals surface area contributed by atoms with E-state index in [1.165, 1.54) is 6.07 Å². The Morgan fingerprint density at radius 2 is 1.88 bits per heavy atom. The van der Waals surface area contributed by atoms with Crippen LogP contribution in [0.1, 0.15) is 33.0 Å². The molecule has 1 aliphatic heterocycles. The van der Waals surface area contributed by atoms with Crippen LogP contribution in [0.4, 0.5) is 19.0 Å². The molecule has 2 aromatic heterocycles. The van der Waals surface area contributed by atoms with E-state index in [1.807, 2.05) is 36.1 Å². The van der Waals surface area contributed by atoms with Gasteiger partial charge in [0.05, 0.1) is 16.3 Å². The van der Waals surface area contributed by atoms with Gasteiger partial charge in [-0.15, -0.1) is 23.1 Å². The number of carbonyl (C=O) groups is 1. The molecule has 0 saturated carbocycles. The summed E-state index contributed by atoms with van der Waals surface area (Å²) >= 11 is 3.32. The van der Waals surface area contributed by atoms with Gasteiger partial charge in [0.25, 0.3) is 5.91 Å². The van der Waals surface area contributed by atoms with Crippen molar-refractivity contribution >= 4 is 34.8 Å². The minimum absolute atomic E-state index is 0.0381. The van der Waals surface area contributed by atoms with Crippen LogP contribution < -0.4 is 4.90 Å². The van der Waals surface area contributed by atoms with Gasteiger partial charge in [0.1, 0.15) is 5.82 Å². The second-order valence-electron chi connectivity index (χ2n) is 7.71. The Hall–Kier alpha value is -2.59. The Morgan fingerprint density at radius 1 is 1.09 bits per heavy atom. The number of aromatic nitrogens is 2. The number of halogens is 3. The van der Waals surface area contributed by atoms with Crippen LogP contribution in [0, 0.1) is 6.92 Å². The third-order valence-corrected chi connectivity index (χ3v) is 7.20. The molecule has 4 rings (SSSR count). The zero-order chi connectivity index (χ0) is 23.4. The third-order valence-electron chi connectivity index (χ3n) is 5.34. The van der Waals surface area contributed by atoms with Gasteiger partial charge in [-0.1, -0.05) is 0 Å². The van der Waals surface area contributed by atoms with Crippen molar-refractivity contribution in [2.45, 2.75) is 30.2 Å². The van der Waals surface area contributed by atoms with Crippen molar-refractivity contribution in [1.29, 1.82) is 0 Å². The maximum absolute atomic E-state index is 13.0. The lowest BCUT2D eigenvalue weighted by molar-refractivity contribution is -0.137. The van der Waals surface area contributed by atoms with Crippen molar-refractivity contribution in [2.24, 2.45) is 0 Å². The van der Waals surface area contributed by atoms with Gasteiger partial charge in [-0.05, 0) is 49.7 Å². The maximum atomic E-state index is 13.0. The summed E-state index contributed by atoms with van der Waals surface area (Å²) in [6.45, 7) is 4.22. The van der Waals surface area contributed by atoms with E-state index < -0.39 is 11.7 Å². The smallest absolute Gasteiger partial charge is 0.355 e. The molecule has 1 aromatic carbocycles. The fraction of sp³-hybridized carbons (Fsp3) is 0.348. The van der Waals surface area contributed by atoms with E-state index in [2.05, 4.69) is 15.3 Å². The summed E-state index contributed by atoms with van der Waals surface area (Å²) in [5.41, 5.74) is 0.922. The van der Waals surface area contributed by atoms with Crippen LogP contribution in [0.25, 0.3) is 0 Å². The number of carbonyl (C=O) groups excluding carboxylic acids is 1. The highest BCUT2D eigenvalue weighted by Gasteiger charge is 2.31. The van der Waals surface area contributed by atoms with Gasteiger partial charge >= 0.3 is 6.18 Å². The van der Waals surface area contributed by atoms with E-state index in [-0.39, 0.29) is 5.91 Å². The second-order valence-corrected chi connectivity index (χ2v) is 9.82. The molecule has 10 heteroatoms. The molecule has 5 nitrogen and oxygen atoms in total. The fourth-order valence-electron chi connectivity index (χ4n) is 3.60. The van der Waals surface area contributed by atoms with Gasteiger partial charge in [0.15, 0.2) is 0 Å². The first-order valence-corrected chi connectivity index (χ1v) is 12.4. The van der Waals surface area contributed by atoms with Gasteiger partial charge in [0, 0.05) is 54.0 Å². The first-order valence-electron chi connectivity index (χ1n) is 10.5. The molecule has 0 N–H and O–H groups in total. The molecule has 0 bridgehead atoms. The number of amides is 1. The summed E-state index contributed by atoms with van der Waals surface area (Å²) in [5, 5.41) is 3.11. The van der Waals surface area contributed by atoms with Crippen molar-refractivity contribution in [1.82, 2.24) is 14.9 Å². The highest BCUT2D eigenvalue weighted by Crippen LogP contribution is 2.29. The van der Waals surface area contributed by atoms with Crippen LogP contribution in [0.3, 0.4) is 0 Å². The highest BCUT2D eigenvalue weighted by molar-refractivity contribution is 7.98. The molecule has 0 aliphatic carbocycles. The molecule has 1 saturated heterocycles. The lowest BCUT2D eigenvalue weighted by Gasteiger charge is -2.23. The summed E-state index contributed by atoms with van der Waals surface area (Å²) in [6, 6.07) is 10.0. The summed E-state index contributed by atoms with van der Waals surface area (Å²) in [7, 11) is 0. The predicted molar refractivity (Wildman–Crippen MR) is 125 cm³/mol. The number of aryl methyl sites for hydroxylation is 1. The number of pyridine rings is 1. The molecule has 1 amide bonds. The van der Waals surface area contributed by atoms with Gasteiger partial charge in [-0.3, -0.25) is 4.79 Å². The van der Waals surface area contributed by atoms with Crippen molar-refractivity contribution in [3.05, 3.63) is 69.8 Å². The van der Waals surface area contributed by atoms with Gasteiger partial charge in [-0.25, -0.2) is 9.97 Å². The standard InChI is InChI=1S/C23H23F3N4OS2/c1-16-28-19(14-32-16)15-33-20-6-3-17(4-7-20)22(31)30-10-2-9-29(11-12-30)21-8-5-18(13-27-21)23(24,25)26/h3-8,13-14H,2,9-12,15H2,1H3. The number of hydrogen-bond acceptors (Lipinski definition) is 6. The van der Waals surface area contributed by atoms with Crippen LogP contribution in [0.5, 0.6) is 0 Å². The lowest BCUT2D eigenvalue weighted by Crippen LogP contribution is -2.35. The largest absolute Gasteiger partial charge is 0.417 e. The molecular weight excluding hydrogens is 469 g/mol. The van der Waals surface area contributed by atoms with Gasteiger partial charge in [-0.2, -0.15) is 13.2 Å². The number of hydrogen-bond donors (Lipinski definition) is 0. The average molecular weight is 493 g/mol. The monoisotopic (exact) mass is 492 g/mol. The Balaban J connectivity index is 1.33. The Kier molecular flexibility index (Phi) is 7.23. The molecular formula is C23H23F3N4OS2. The molecule has 3 heterocycles. The number of nitrogens with zero attached hydrogens (tertiary/aromatic N) is 4. The molecule has 0 unspecified atom stereocenters. The van der Waals surface area contributed by atoms with E-state index in [0.29, 0.717) is 37.6 Å². The number of thiazole rings is 1. The minimum atomic E-state index is -4.40. The Labute approximate surface area is 198 Å². The number of alkyl halides is 3. The number of rotatable bonds is 5. The molecule has 0 atom stereocenters. The molecule has 0 spiro atoms. The molecule has 1 fully saturated rings. The zero-order valence-corrected chi connectivity index (χ0v) is 19.6. The van der Waals surface area contributed by atoms with E-state index >= 15 is 0 Å². The SMILES string of the molecule is Cc1nc(CSc2ccc(C(=O)N3CCCN(c4ccc(C(F)(F)F)cn4)CC3)cc2)cs1. The fourth-order valence-corrected chi connectivity index (χ4v) is 5.11. The van der Waals surface area contributed by atoms with Crippen molar-refractivity contribution in [3.8, 4) is 0 Å². The zero-order valence-electron chi connectivity index (χ0n) is 18.0. The van der Waals surface area contributed by atoms with E-state index in [0.717, 1.165) is 40.0 Å². The maximum Gasteiger partial charge on any atom is 0.417 e. The summed E-state index contributed by atoms with van der Waals surface area (Å²) in [4.78, 5) is 26.2. The summed E-state index contributed by atoms with van der Waals surface area (Å²) in [5.74, 6) is 1.25. The molecule has 1 aliphatic rings. The van der Waals surface area contributed by atoms with Crippen LogP contribution in [0.2, 0.25) is 0 Å². The predicted octanol–water partition coefficient (Wildman–Crippen LogP) is 5.51. The summed E-state index contributed by atoms with van der Waals surface area (Å²) in [6.07, 6.45) is -2.82.